The molecular weight excluding hydrogens is 1180 g/mol. The molecule has 12 N–H and O–H groups in total. The Labute approximate surface area is 511 Å². The van der Waals surface area contributed by atoms with Gasteiger partial charge in [-0.15, -0.1) is 0 Å². The van der Waals surface area contributed by atoms with Crippen molar-refractivity contribution >= 4 is 92.7 Å². The second-order valence-corrected chi connectivity index (χ2v) is 24.1. The highest BCUT2D eigenvalue weighted by atomic mass is 32.2. The van der Waals surface area contributed by atoms with Gasteiger partial charge in [-0.2, -0.15) is 0 Å². The first-order chi connectivity index (χ1) is 41.8. The first kappa shape index (κ1) is 68.3. The number of carbonyl (C=O) groups excluding carboxylic acids is 8. The second kappa shape index (κ2) is 29.8. The van der Waals surface area contributed by atoms with Crippen LogP contribution in [0, 0.1) is 13.8 Å². The lowest BCUT2D eigenvalue weighted by Gasteiger charge is -2.29. The van der Waals surface area contributed by atoms with Crippen molar-refractivity contribution in [3.8, 4) is 5.75 Å². The number of urea groups is 1. The van der Waals surface area contributed by atoms with E-state index in [9.17, 15) is 81.3 Å². The molecule has 1 saturated heterocycles. The Hall–Kier alpha value is -9.77. The molecule has 0 aromatic heterocycles. The summed E-state index contributed by atoms with van der Waals surface area (Å²) in [5.74, 6) is -11.9. The fraction of sp³-hybridized carbons (Fsp3) is 0.400. The van der Waals surface area contributed by atoms with Crippen LogP contribution < -0.4 is 47.3 Å². The quantitative estimate of drug-likeness (QED) is 0.0264. The zero-order valence-corrected chi connectivity index (χ0v) is 50.1. The van der Waals surface area contributed by atoms with Gasteiger partial charge in [0, 0.05) is 66.6 Å². The number of nitrogens with one attached hydrogen (secondary N) is 6. The Morgan fingerprint density at radius 3 is 1.78 bits per heavy atom. The highest BCUT2D eigenvalue weighted by Gasteiger charge is 2.40. The number of carboxylic acid groups (broad SMARTS) is 4. The molecule has 4 aromatic carbocycles. The summed E-state index contributed by atoms with van der Waals surface area (Å²) in [6.45, 7) is 8.33. The number of nitrogens with two attached hydrogens (primary N) is 1. The van der Waals surface area contributed by atoms with Crippen molar-refractivity contribution in [1.29, 1.82) is 0 Å². The molecule has 0 saturated carbocycles. The molecule has 6 rings (SSSR count). The smallest absolute Gasteiger partial charge is 0.333 e. The first-order valence-corrected chi connectivity index (χ1v) is 29.7. The maximum Gasteiger partial charge on any atom is 0.333 e. The van der Waals surface area contributed by atoms with E-state index in [4.69, 9.17) is 15.6 Å². The molecule has 2 heterocycles. The third-order valence-corrected chi connectivity index (χ3v) is 16.5. The van der Waals surface area contributed by atoms with Crippen LogP contribution in [0.15, 0.2) is 89.8 Å². The van der Waals surface area contributed by atoms with Crippen LogP contribution in [0.5, 0.6) is 5.75 Å². The molecule has 28 nitrogen and oxygen atoms in total. The predicted octanol–water partition coefficient (Wildman–Crippen LogP) is 2.92. The maximum atomic E-state index is 13.9. The zero-order valence-electron chi connectivity index (χ0n) is 49.3. The van der Waals surface area contributed by atoms with Gasteiger partial charge in [-0.1, -0.05) is 50.2 Å². The number of carboxylic acids is 4. The van der Waals surface area contributed by atoms with Gasteiger partial charge in [-0.3, -0.25) is 47.9 Å². The van der Waals surface area contributed by atoms with E-state index in [1.807, 2.05) is 6.07 Å². The van der Waals surface area contributed by atoms with Crippen LogP contribution in [-0.2, 0) is 69.8 Å². The molecular formula is C60H71N9O19S. The number of hydrogen-bond donors (Lipinski definition) is 11. The maximum absolute atomic E-state index is 13.9. The minimum absolute atomic E-state index is 0.0272. The average molecular weight is 1250 g/mol. The van der Waals surface area contributed by atoms with Gasteiger partial charge in [0.05, 0.1) is 23.5 Å². The van der Waals surface area contributed by atoms with Gasteiger partial charge in [0.25, 0.3) is 15.9 Å². The van der Waals surface area contributed by atoms with Crippen LogP contribution in [0.4, 0.5) is 16.2 Å². The third kappa shape index (κ3) is 18.4. The summed E-state index contributed by atoms with van der Waals surface area (Å²) in [5.41, 5.74) is 8.89. The fourth-order valence-corrected chi connectivity index (χ4v) is 11.7. The van der Waals surface area contributed by atoms with Gasteiger partial charge >= 0.3 is 35.9 Å². The van der Waals surface area contributed by atoms with Crippen LogP contribution >= 0.6 is 0 Å². The number of sulfonamides is 1. The van der Waals surface area contributed by atoms with E-state index in [1.54, 1.807) is 76.2 Å². The Morgan fingerprint density at radius 1 is 0.697 bits per heavy atom. The van der Waals surface area contributed by atoms with Crippen LogP contribution in [0.1, 0.15) is 123 Å². The van der Waals surface area contributed by atoms with Gasteiger partial charge in [0.1, 0.15) is 29.9 Å². The lowest BCUT2D eigenvalue weighted by atomic mass is 9.78. The van der Waals surface area contributed by atoms with Crippen molar-refractivity contribution in [1.82, 2.24) is 30.9 Å². The lowest BCUT2D eigenvalue weighted by molar-refractivity contribution is -0.141. The minimum atomic E-state index is -4.24. The van der Waals surface area contributed by atoms with Crippen molar-refractivity contribution < 1.29 is 91.1 Å². The molecule has 8 amide bonds. The molecule has 2 aliphatic rings. The largest absolute Gasteiger partial charge is 0.481 e. The van der Waals surface area contributed by atoms with Crippen molar-refractivity contribution in [2.24, 2.45) is 5.73 Å². The Kier molecular flexibility index (Phi) is 22.8. The number of aryl methyl sites for hydroxylation is 2. The molecule has 0 aliphatic carbocycles. The SMILES string of the molecule is Cc1cc(C)c(C(C)(C)CC(=O)Nc2ccc(C(=O)N3CCc4cc(S(=O)(=O)N5C[C@H](c6ccccc6)NC5=O)ccc43)cc2)c(OC(=O)C(C)NC(=O)[C@H](CCC(=O)O)NC(=O)[C@H](CCC(=O)O)NC(=O)[C@H](CCC(=O)O)NC(=O)[C@@H](N)CCC(=O)O)c1. The molecule has 0 radical (unpaired) electrons. The van der Waals surface area contributed by atoms with E-state index in [2.05, 4.69) is 31.9 Å². The lowest BCUT2D eigenvalue weighted by Crippen LogP contribution is -2.58. The zero-order chi connectivity index (χ0) is 65.7. The highest BCUT2D eigenvalue weighted by molar-refractivity contribution is 7.89. The van der Waals surface area contributed by atoms with Gasteiger partial charge in [-0.25, -0.2) is 22.3 Å². The van der Waals surface area contributed by atoms with Crippen LogP contribution in [0.3, 0.4) is 0 Å². The summed E-state index contributed by atoms with van der Waals surface area (Å²) in [6.07, 6.45) is -4.67. The van der Waals surface area contributed by atoms with E-state index < -0.39 is 162 Å². The van der Waals surface area contributed by atoms with E-state index in [1.165, 1.54) is 42.2 Å². The number of carbonyl (C=O) groups is 12. The minimum Gasteiger partial charge on any atom is -0.481 e. The van der Waals surface area contributed by atoms with E-state index in [0.29, 0.717) is 40.0 Å². The summed E-state index contributed by atoms with van der Waals surface area (Å²) >= 11 is 0. The summed E-state index contributed by atoms with van der Waals surface area (Å²) < 4.78 is 34.1. The van der Waals surface area contributed by atoms with E-state index >= 15 is 0 Å². The monoisotopic (exact) mass is 1250 g/mol. The summed E-state index contributed by atoms with van der Waals surface area (Å²) in [7, 11) is -4.24. The summed E-state index contributed by atoms with van der Waals surface area (Å²) in [4.78, 5) is 156. The molecule has 1 unspecified atom stereocenters. The van der Waals surface area contributed by atoms with E-state index in [0.717, 1.165) is 9.87 Å². The molecule has 0 spiro atoms. The predicted molar refractivity (Wildman–Crippen MR) is 317 cm³/mol. The Morgan fingerprint density at radius 2 is 1.22 bits per heavy atom. The summed E-state index contributed by atoms with van der Waals surface area (Å²) in [5, 5.41) is 51.9. The number of amides is 8. The van der Waals surface area contributed by atoms with Crippen molar-refractivity contribution in [3.05, 3.63) is 118 Å². The Balaban J connectivity index is 1.08. The Bertz CT molecular complexity index is 3530. The highest BCUT2D eigenvalue weighted by Crippen LogP contribution is 2.39. The van der Waals surface area contributed by atoms with Crippen LogP contribution in [0.25, 0.3) is 0 Å². The standard InChI is InChI=1S/C60H71N9O19S/c1-32-27-33(2)52(60(4,5)30-47(70)63-38-13-11-36(12-14-38)57(83)68-26-25-37-29-39(15-20-45(37)68)89(86,87)69-31-44(67-59(69)85)35-9-7-6-8-10-35)46(28-32)88-58(84)34(3)62-54(80)41(17-22-49(73)74)65-56(82)43(19-24-51(77)78)66-55(81)42(18-23-50(75)76)64-53(79)40(61)16-21-48(71)72/h6-15,20,27-29,34,40-44H,16-19,21-26,30-31,61H2,1-5H3,(H,62,80)(H,63,70)(H,64,79)(H,65,82)(H,66,81)(H,67,85)(H,71,72)(H,73,74)(H,75,76)(H,77,78)/t34?,40-,41-,42-,43-,44+/m0/s1. The molecule has 1 fully saturated rings. The fourth-order valence-electron chi connectivity index (χ4n) is 10.3. The third-order valence-electron chi connectivity index (χ3n) is 14.8. The molecule has 476 valence electrons. The van der Waals surface area contributed by atoms with Crippen molar-refractivity contribution in [2.45, 2.75) is 145 Å². The number of aliphatic carboxylic acids is 4. The molecule has 29 heteroatoms. The first-order valence-electron chi connectivity index (χ1n) is 28.3. The molecule has 89 heavy (non-hydrogen) atoms. The van der Waals surface area contributed by atoms with Gasteiger partial charge in [0.15, 0.2) is 0 Å². The average Bonchev–Trinajstić information content (AvgIpc) is 1.78. The topological polar surface area (TPSA) is 434 Å². The number of esters is 1. The molecule has 4 aromatic rings. The van der Waals surface area contributed by atoms with Gasteiger partial charge in [-0.05, 0) is 124 Å². The number of ether oxygens (including phenoxy) is 1. The molecule has 0 bridgehead atoms. The molecule has 6 atom stereocenters. The summed E-state index contributed by atoms with van der Waals surface area (Å²) in [6, 6.07) is 13.4. The number of benzene rings is 4. The van der Waals surface area contributed by atoms with E-state index in [-0.39, 0.29) is 48.0 Å². The molecule has 2 aliphatic heterocycles. The van der Waals surface area contributed by atoms with Gasteiger partial charge < -0.3 is 67.7 Å². The number of anilines is 2. The number of nitrogens with zero attached hydrogens (tertiary/aromatic N) is 2. The van der Waals surface area contributed by atoms with Gasteiger partial charge in [0.2, 0.25) is 29.5 Å². The van der Waals surface area contributed by atoms with Crippen LogP contribution in [-0.4, -0.2) is 148 Å². The second-order valence-electron chi connectivity index (χ2n) is 22.3. The normalized spacial score (nSPS) is 15.4. The van der Waals surface area contributed by atoms with Crippen molar-refractivity contribution in [3.63, 3.8) is 0 Å². The number of rotatable bonds is 30. The van der Waals surface area contributed by atoms with Crippen molar-refractivity contribution in [2.75, 3.05) is 23.3 Å². The van der Waals surface area contributed by atoms with Crippen LogP contribution in [0.2, 0.25) is 0 Å². The number of hydrogen-bond acceptors (Lipinski definition) is 16. The number of fused-ring (bicyclic) bond motifs is 1.